The molecule has 2 unspecified atom stereocenters. The van der Waals surface area contributed by atoms with Crippen LogP contribution in [0.3, 0.4) is 0 Å². The molecule has 5 heteroatoms. The molecule has 1 saturated heterocycles. The molecule has 1 aliphatic heterocycles. The van der Waals surface area contributed by atoms with Crippen LogP contribution in [0, 0.1) is 5.92 Å². The molecule has 0 aliphatic carbocycles. The van der Waals surface area contributed by atoms with E-state index in [0.717, 1.165) is 32.5 Å². The van der Waals surface area contributed by atoms with Crippen molar-refractivity contribution in [2.45, 2.75) is 25.8 Å². The first-order valence-corrected chi connectivity index (χ1v) is 9.05. The summed E-state index contributed by atoms with van der Waals surface area (Å²) in [5.74, 6) is 0.578. The fourth-order valence-electron chi connectivity index (χ4n) is 2.92. The van der Waals surface area contributed by atoms with Crippen molar-refractivity contribution in [2.75, 3.05) is 25.9 Å². The van der Waals surface area contributed by atoms with Gasteiger partial charge in [0.15, 0.2) is 0 Å². The SMILES string of the molecule is CC(Cc1ccccc1)CN1CCC(NS(C)(=O)=O)C1. The van der Waals surface area contributed by atoms with Gasteiger partial charge in [-0.25, -0.2) is 13.1 Å². The minimum Gasteiger partial charge on any atom is -0.301 e. The molecule has 0 bridgehead atoms. The molecule has 112 valence electrons. The highest BCUT2D eigenvalue weighted by Gasteiger charge is 2.25. The number of likely N-dealkylation sites (tertiary alicyclic amines) is 1. The van der Waals surface area contributed by atoms with Crippen molar-refractivity contribution >= 4 is 10.0 Å². The van der Waals surface area contributed by atoms with E-state index in [1.807, 2.05) is 6.07 Å². The van der Waals surface area contributed by atoms with Crippen LogP contribution in [0.25, 0.3) is 0 Å². The molecule has 2 rings (SSSR count). The van der Waals surface area contributed by atoms with E-state index in [9.17, 15) is 8.42 Å². The highest BCUT2D eigenvalue weighted by molar-refractivity contribution is 7.88. The van der Waals surface area contributed by atoms with Crippen molar-refractivity contribution in [3.8, 4) is 0 Å². The molecular weight excluding hydrogens is 272 g/mol. The molecule has 1 aromatic carbocycles. The smallest absolute Gasteiger partial charge is 0.208 e. The zero-order valence-corrected chi connectivity index (χ0v) is 13.1. The Kier molecular flexibility index (Phi) is 5.18. The van der Waals surface area contributed by atoms with Crippen LogP contribution in [0.15, 0.2) is 30.3 Å². The van der Waals surface area contributed by atoms with Gasteiger partial charge in [0.25, 0.3) is 0 Å². The summed E-state index contributed by atoms with van der Waals surface area (Å²) in [5, 5.41) is 0. The molecular formula is C15H24N2O2S. The van der Waals surface area contributed by atoms with Gasteiger partial charge in [0.1, 0.15) is 0 Å². The summed E-state index contributed by atoms with van der Waals surface area (Å²) >= 11 is 0. The Labute approximate surface area is 122 Å². The molecule has 1 fully saturated rings. The third kappa shape index (κ3) is 5.23. The lowest BCUT2D eigenvalue weighted by molar-refractivity contribution is 0.282. The zero-order chi connectivity index (χ0) is 14.6. The molecule has 1 aliphatic rings. The van der Waals surface area contributed by atoms with Crippen LogP contribution in [0.5, 0.6) is 0 Å². The highest BCUT2D eigenvalue weighted by atomic mass is 32.2. The van der Waals surface area contributed by atoms with E-state index in [-0.39, 0.29) is 6.04 Å². The van der Waals surface area contributed by atoms with Crippen molar-refractivity contribution in [1.29, 1.82) is 0 Å². The largest absolute Gasteiger partial charge is 0.301 e. The normalized spacial score (nSPS) is 22.0. The van der Waals surface area contributed by atoms with E-state index in [1.54, 1.807) is 0 Å². The summed E-state index contributed by atoms with van der Waals surface area (Å²) in [6, 6.07) is 10.6. The van der Waals surface area contributed by atoms with Crippen LogP contribution in [0.4, 0.5) is 0 Å². The summed E-state index contributed by atoms with van der Waals surface area (Å²) in [4.78, 5) is 2.36. The van der Waals surface area contributed by atoms with Gasteiger partial charge < -0.3 is 4.90 Å². The Morgan fingerprint density at radius 2 is 2.05 bits per heavy atom. The van der Waals surface area contributed by atoms with E-state index in [4.69, 9.17) is 0 Å². The molecule has 0 amide bonds. The number of hydrogen-bond acceptors (Lipinski definition) is 3. The molecule has 1 aromatic rings. The Morgan fingerprint density at radius 1 is 1.35 bits per heavy atom. The van der Waals surface area contributed by atoms with E-state index in [2.05, 4.69) is 40.8 Å². The Morgan fingerprint density at radius 3 is 2.70 bits per heavy atom. The highest BCUT2D eigenvalue weighted by Crippen LogP contribution is 2.15. The fourth-order valence-corrected chi connectivity index (χ4v) is 3.72. The van der Waals surface area contributed by atoms with Crippen molar-refractivity contribution in [3.05, 3.63) is 35.9 Å². The summed E-state index contributed by atoms with van der Waals surface area (Å²) in [6.45, 7) is 5.08. The molecule has 0 radical (unpaired) electrons. The summed E-state index contributed by atoms with van der Waals surface area (Å²) in [6.07, 6.45) is 3.21. The lowest BCUT2D eigenvalue weighted by Crippen LogP contribution is -2.37. The quantitative estimate of drug-likeness (QED) is 0.865. The number of nitrogens with zero attached hydrogens (tertiary/aromatic N) is 1. The van der Waals surface area contributed by atoms with Gasteiger partial charge >= 0.3 is 0 Å². The van der Waals surface area contributed by atoms with E-state index in [1.165, 1.54) is 11.8 Å². The number of benzene rings is 1. The molecule has 2 atom stereocenters. The predicted molar refractivity (Wildman–Crippen MR) is 82.1 cm³/mol. The third-order valence-electron chi connectivity index (χ3n) is 3.65. The number of sulfonamides is 1. The lowest BCUT2D eigenvalue weighted by Gasteiger charge is -2.21. The first-order chi connectivity index (χ1) is 9.42. The lowest BCUT2D eigenvalue weighted by atomic mass is 10.0. The van der Waals surface area contributed by atoms with Gasteiger partial charge in [-0.2, -0.15) is 0 Å². The van der Waals surface area contributed by atoms with Gasteiger partial charge in [0.2, 0.25) is 10.0 Å². The van der Waals surface area contributed by atoms with Gasteiger partial charge in [-0.15, -0.1) is 0 Å². The van der Waals surface area contributed by atoms with Crippen molar-refractivity contribution in [3.63, 3.8) is 0 Å². The molecule has 20 heavy (non-hydrogen) atoms. The van der Waals surface area contributed by atoms with Gasteiger partial charge in [-0.1, -0.05) is 37.3 Å². The Bertz CT molecular complexity index is 516. The van der Waals surface area contributed by atoms with Gasteiger partial charge in [0, 0.05) is 19.1 Å². The van der Waals surface area contributed by atoms with E-state index in [0.29, 0.717) is 5.92 Å². The number of rotatable bonds is 6. The maximum Gasteiger partial charge on any atom is 0.208 e. The minimum absolute atomic E-state index is 0.0777. The van der Waals surface area contributed by atoms with Crippen LogP contribution in [-0.2, 0) is 16.4 Å². The fraction of sp³-hybridized carbons (Fsp3) is 0.600. The molecule has 0 spiro atoms. The van der Waals surface area contributed by atoms with Crippen LogP contribution in [-0.4, -0.2) is 45.2 Å². The number of hydrogen-bond donors (Lipinski definition) is 1. The summed E-state index contributed by atoms with van der Waals surface area (Å²) in [5.41, 5.74) is 1.37. The predicted octanol–water partition coefficient (Wildman–Crippen LogP) is 1.49. The Hall–Kier alpha value is -0.910. The molecule has 4 nitrogen and oxygen atoms in total. The van der Waals surface area contributed by atoms with Crippen molar-refractivity contribution < 1.29 is 8.42 Å². The van der Waals surface area contributed by atoms with Crippen LogP contribution >= 0.6 is 0 Å². The zero-order valence-electron chi connectivity index (χ0n) is 12.2. The average molecular weight is 296 g/mol. The third-order valence-corrected chi connectivity index (χ3v) is 4.41. The van der Waals surface area contributed by atoms with Crippen molar-refractivity contribution in [2.24, 2.45) is 5.92 Å². The van der Waals surface area contributed by atoms with Crippen LogP contribution in [0.1, 0.15) is 18.9 Å². The van der Waals surface area contributed by atoms with E-state index >= 15 is 0 Å². The molecule has 1 heterocycles. The minimum atomic E-state index is -3.08. The second-order valence-corrected chi connectivity index (χ2v) is 7.71. The van der Waals surface area contributed by atoms with Crippen molar-refractivity contribution in [1.82, 2.24) is 9.62 Å². The average Bonchev–Trinajstić information content (AvgIpc) is 2.75. The molecule has 1 N–H and O–H groups in total. The van der Waals surface area contributed by atoms with Gasteiger partial charge in [-0.3, -0.25) is 0 Å². The Balaban J connectivity index is 1.77. The number of nitrogens with one attached hydrogen (secondary N) is 1. The second-order valence-electron chi connectivity index (χ2n) is 5.93. The topological polar surface area (TPSA) is 49.4 Å². The first-order valence-electron chi connectivity index (χ1n) is 7.16. The molecule has 0 saturated carbocycles. The monoisotopic (exact) mass is 296 g/mol. The molecule has 0 aromatic heterocycles. The summed E-state index contributed by atoms with van der Waals surface area (Å²) < 4.78 is 25.2. The van der Waals surface area contributed by atoms with Crippen LogP contribution in [0.2, 0.25) is 0 Å². The maximum atomic E-state index is 11.2. The van der Waals surface area contributed by atoms with E-state index < -0.39 is 10.0 Å². The van der Waals surface area contributed by atoms with Crippen LogP contribution < -0.4 is 4.72 Å². The first kappa shape index (κ1) is 15.5. The van der Waals surface area contributed by atoms with Gasteiger partial charge in [-0.05, 0) is 30.9 Å². The second kappa shape index (κ2) is 6.70. The summed E-state index contributed by atoms with van der Waals surface area (Å²) in [7, 11) is -3.08. The maximum absolute atomic E-state index is 11.2. The van der Waals surface area contributed by atoms with Gasteiger partial charge in [0.05, 0.1) is 6.26 Å². The standard InChI is InChI=1S/C15H24N2O2S/c1-13(10-14-6-4-3-5-7-14)11-17-9-8-15(12-17)16-20(2,18)19/h3-7,13,15-16H,8-12H2,1-2H3.